The van der Waals surface area contributed by atoms with E-state index < -0.39 is 5.60 Å². The summed E-state index contributed by atoms with van der Waals surface area (Å²) in [7, 11) is 0. The maximum Gasteiger partial charge on any atom is 0.122 e. The van der Waals surface area contributed by atoms with Crippen LogP contribution in [0.15, 0.2) is 0 Å². The first kappa shape index (κ1) is 8.48. The van der Waals surface area contributed by atoms with Crippen LogP contribution in [0.1, 0.15) is 20.8 Å². The number of rotatable bonds is 1. The van der Waals surface area contributed by atoms with Crippen LogP contribution in [-0.2, 0) is 9.47 Å². The fourth-order valence-electron chi connectivity index (χ4n) is 2.56. The first-order valence-corrected chi connectivity index (χ1v) is 4.56. The summed E-state index contributed by atoms with van der Waals surface area (Å²) in [6, 6.07) is 0. The fraction of sp³-hybridized carbons (Fsp3) is 1.00. The minimum Gasteiger partial charge on any atom is -0.393 e. The molecule has 0 radical (unpaired) electrons. The lowest BCUT2D eigenvalue weighted by atomic mass is 9.87. The van der Waals surface area contributed by atoms with E-state index in [0.717, 1.165) is 0 Å². The van der Waals surface area contributed by atoms with Crippen LogP contribution >= 0.6 is 0 Å². The van der Waals surface area contributed by atoms with Gasteiger partial charge in [0.25, 0.3) is 0 Å². The van der Waals surface area contributed by atoms with Crippen molar-refractivity contribution in [3.05, 3.63) is 0 Å². The Morgan fingerprint density at radius 2 is 2.00 bits per heavy atom. The zero-order valence-corrected chi connectivity index (χ0v) is 7.78. The van der Waals surface area contributed by atoms with E-state index >= 15 is 0 Å². The zero-order chi connectivity index (χ0) is 8.93. The second-order valence-electron chi connectivity index (χ2n) is 3.97. The molecule has 3 heteroatoms. The van der Waals surface area contributed by atoms with E-state index in [1.807, 2.05) is 13.8 Å². The topological polar surface area (TPSA) is 38.7 Å². The average Bonchev–Trinajstić information content (AvgIpc) is 2.41. The summed E-state index contributed by atoms with van der Waals surface area (Å²) in [6.07, 6.45) is 0.328. The third-order valence-corrected chi connectivity index (χ3v) is 3.43. The van der Waals surface area contributed by atoms with E-state index in [9.17, 15) is 5.11 Å². The van der Waals surface area contributed by atoms with Crippen LogP contribution in [0.4, 0.5) is 0 Å². The first-order valence-electron chi connectivity index (χ1n) is 4.56. The Labute approximate surface area is 72.7 Å². The molecule has 0 aliphatic carbocycles. The van der Waals surface area contributed by atoms with Crippen LogP contribution < -0.4 is 0 Å². The maximum absolute atomic E-state index is 9.30. The minimum atomic E-state index is -0.427. The van der Waals surface area contributed by atoms with Gasteiger partial charge in [-0.15, -0.1) is 0 Å². The van der Waals surface area contributed by atoms with Gasteiger partial charge in [0.2, 0.25) is 0 Å². The maximum atomic E-state index is 9.30. The van der Waals surface area contributed by atoms with Crippen LogP contribution in [0.2, 0.25) is 0 Å². The molecule has 2 saturated heterocycles. The monoisotopic (exact) mass is 172 g/mol. The van der Waals surface area contributed by atoms with E-state index in [2.05, 4.69) is 6.92 Å². The highest BCUT2D eigenvalue weighted by Crippen LogP contribution is 2.47. The van der Waals surface area contributed by atoms with Crippen molar-refractivity contribution in [2.45, 2.75) is 44.7 Å². The van der Waals surface area contributed by atoms with Gasteiger partial charge in [-0.05, 0) is 13.8 Å². The van der Waals surface area contributed by atoms with Crippen molar-refractivity contribution in [1.82, 2.24) is 0 Å². The van der Waals surface area contributed by atoms with Crippen LogP contribution in [-0.4, -0.2) is 35.6 Å². The highest BCUT2D eigenvalue weighted by molar-refractivity contribution is 5.08. The highest BCUT2D eigenvalue weighted by Gasteiger charge is 2.61. The van der Waals surface area contributed by atoms with Crippen LogP contribution in [0, 0.1) is 5.92 Å². The summed E-state index contributed by atoms with van der Waals surface area (Å²) in [6.45, 7) is 6.13. The van der Waals surface area contributed by atoms with Crippen molar-refractivity contribution >= 4 is 0 Å². The summed E-state index contributed by atoms with van der Waals surface area (Å²) in [4.78, 5) is 0. The molecular formula is C9H16O3. The molecule has 2 aliphatic heterocycles. The molecular weight excluding hydrogens is 156 g/mol. The Bertz CT molecular complexity index is 194. The zero-order valence-electron chi connectivity index (χ0n) is 7.78. The van der Waals surface area contributed by atoms with Crippen molar-refractivity contribution in [3.8, 4) is 0 Å². The predicted octanol–water partition coefficient (Wildman–Crippen LogP) is 0.560. The molecule has 2 aliphatic rings. The highest BCUT2D eigenvalue weighted by atomic mass is 16.6. The molecule has 1 N–H and O–H groups in total. The van der Waals surface area contributed by atoms with Crippen LogP contribution in [0.3, 0.4) is 0 Å². The van der Waals surface area contributed by atoms with Gasteiger partial charge in [0.05, 0.1) is 24.9 Å². The second-order valence-corrected chi connectivity index (χ2v) is 3.97. The average molecular weight is 172 g/mol. The quantitative estimate of drug-likeness (QED) is 0.628. The summed E-state index contributed by atoms with van der Waals surface area (Å²) in [5.41, 5.74) is -0.427. The number of fused-ring (bicyclic) bond motifs is 2. The van der Waals surface area contributed by atoms with Crippen LogP contribution in [0.5, 0.6) is 0 Å². The number of ether oxygens (including phenoxy) is 2. The molecule has 0 aromatic rings. The van der Waals surface area contributed by atoms with Gasteiger partial charge in [-0.2, -0.15) is 0 Å². The Balaban J connectivity index is 2.30. The third kappa shape index (κ3) is 0.767. The summed E-state index contributed by atoms with van der Waals surface area (Å²) >= 11 is 0. The summed E-state index contributed by atoms with van der Waals surface area (Å²) < 4.78 is 11.4. The molecule has 12 heavy (non-hydrogen) atoms. The number of aliphatic hydroxyl groups excluding tert-OH is 1. The second kappa shape index (κ2) is 2.44. The lowest BCUT2D eigenvalue weighted by Gasteiger charge is -2.33. The molecule has 1 unspecified atom stereocenters. The Hall–Kier alpha value is -0.120. The van der Waals surface area contributed by atoms with Gasteiger partial charge >= 0.3 is 0 Å². The molecule has 2 bridgehead atoms. The van der Waals surface area contributed by atoms with E-state index in [0.29, 0.717) is 5.92 Å². The molecule has 0 aromatic carbocycles. The van der Waals surface area contributed by atoms with Crippen LogP contribution in [0.25, 0.3) is 0 Å². The molecule has 2 heterocycles. The van der Waals surface area contributed by atoms with E-state index in [1.165, 1.54) is 0 Å². The van der Waals surface area contributed by atoms with Gasteiger partial charge in [-0.25, -0.2) is 0 Å². The predicted molar refractivity (Wildman–Crippen MR) is 43.9 cm³/mol. The molecule has 5 atom stereocenters. The first-order chi connectivity index (χ1) is 5.62. The molecule has 0 aromatic heterocycles. The van der Waals surface area contributed by atoms with Crippen molar-refractivity contribution < 1.29 is 14.6 Å². The SMILES string of the molecule is CC1O[C@@H]2[C@H](C)O[C@@]1(CO)[C@H]2C. The summed E-state index contributed by atoms with van der Waals surface area (Å²) in [5, 5.41) is 9.30. The molecule has 2 fully saturated rings. The minimum absolute atomic E-state index is 0.0266. The molecule has 3 nitrogen and oxygen atoms in total. The fourth-order valence-corrected chi connectivity index (χ4v) is 2.56. The molecule has 2 rings (SSSR count). The van der Waals surface area contributed by atoms with Crippen molar-refractivity contribution in [1.29, 1.82) is 0 Å². The van der Waals surface area contributed by atoms with Gasteiger partial charge in [0, 0.05) is 5.92 Å². The van der Waals surface area contributed by atoms with Gasteiger partial charge in [-0.3, -0.25) is 0 Å². The van der Waals surface area contributed by atoms with E-state index in [4.69, 9.17) is 9.47 Å². The molecule has 0 amide bonds. The van der Waals surface area contributed by atoms with Gasteiger partial charge in [0.1, 0.15) is 5.60 Å². The van der Waals surface area contributed by atoms with Gasteiger partial charge < -0.3 is 14.6 Å². The third-order valence-electron chi connectivity index (χ3n) is 3.43. The smallest absolute Gasteiger partial charge is 0.122 e. The largest absolute Gasteiger partial charge is 0.393 e. The Morgan fingerprint density at radius 3 is 2.33 bits per heavy atom. The van der Waals surface area contributed by atoms with E-state index in [-0.39, 0.29) is 24.9 Å². The number of aliphatic hydroxyl groups is 1. The molecule has 0 spiro atoms. The molecule has 70 valence electrons. The Morgan fingerprint density at radius 1 is 1.33 bits per heavy atom. The summed E-state index contributed by atoms with van der Waals surface area (Å²) in [5.74, 6) is 0.312. The lowest BCUT2D eigenvalue weighted by Crippen LogP contribution is -2.47. The normalized spacial score (nSPS) is 58.0. The van der Waals surface area contributed by atoms with Crippen molar-refractivity contribution in [2.75, 3.05) is 6.61 Å². The lowest BCUT2D eigenvalue weighted by molar-refractivity contribution is -0.187. The van der Waals surface area contributed by atoms with Crippen molar-refractivity contribution in [2.24, 2.45) is 5.92 Å². The van der Waals surface area contributed by atoms with E-state index in [1.54, 1.807) is 0 Å². The molecule has 0 saturated carbocycles. The Kier molecular flexibility index (Phi) is 1.72. The van der Waals surface area contributed by atoms with Gasteiger partial charge in [0.15, 0.2) is 0 Å². The number of hydrogen-bond donors (Lipinski definition) is 1. The van der Waals surface area contributed by atoms with Gasteiger partial charge in [-0.1, -0.05) is 6.92 Å². The van der Waals surface area contributed by atoms with Crippen molar-refractivity contribution in [3.63, 3.8) is 0 Å². The number of hydrogen-bond acceptors (Lipinski definition) is 3. The standard InChI is InChI=1S/C9H16O3/c1-5-8-6(2)12-9(5,4-10)7(3)11-8/h5-8,10H,4H2,1-3H3/t5-,6-,7?,8-,9-/m0/s1.